The monoisotopic (exact) mass is 388 g/mol. The summed E-state index contributed by atoms with van der Waals surface area (Å²) in [5.41, 5.74) is -0.351. The zero-order valence-corrected chi connectivity index (χ0v) is 12.6. The van der Waals surface area contributed by atoms with Gasteiger partial charge in [0.15, 0.2) is 11.9 Å². The molecule has 0 bridgehead atoms. The fourth-order valence-corrected chi connectivity index (χ4v) is 3.02. The van der Waals surface area contributed by atoms with Crippen molar-refractivity contribution < 1.29 is 9.84 Å². The van der Waals surface area contributed by atoms with Crippen LogP contribution in [0.1, 0.15) is 11.9 Å². The molecular formula is C12H9IN2O3S. The first-order valence-corrected chi connectivity index (χ1v) is 7.59. The zero-order chi connectivity index (χ0) is 13.4. The average molecular weight is 388 g/mol. The van der Waals surface area contributed by atoms with Crippen molar-refractivity contribution in [3.05, 3.63) is 44.0 Å². The van der Waals surface area contributed by atoms with Gasteiger partial charge in [-0.1, -0.05) is 12.1 Å². The molecule has 1 unspecified atom stereocenters. The summed E-state index contributed by atoms with van der Waals surface area (Å²) in [6, 6.07) is 7.70. The number of fused-ring (bicyclic) bond motifs is 1. The predicted octanol–water partition coefficient (Wildman–Crippen LogP) is 2.31. The van der Waals surface area contributed by atoms with Crippen LogP contribution >= 0.6 is 34.4 Å². The molecule has 0 spiro atoms. The Balaban J connectivity index is 1.95. The molecule has 5 nitrogen and oxygen atoms in total. The third-order valence-corrected chi connectivity index (χ3v) is 4.77. The number of aromatic amines is 1. The molecule has 1 aliphatic heterocycles. The van der Waals surface area contributed by atoms with Crippen molar-refractivity contribution in [1.82, 2.24) is 9.97 Å². The van der Waals surface area contributed by atoms with Crippen molar-refractivity contribution in [1.29, 1.82) is 0 Å². The summed E-state index contributed by atoms with van der Waals surface area (Å²) in [4.78, 5) is 19.3. The van der Waals surface area contributed by atoms with E-state index in [-0.39, 0.29) is 21.1 Å². The van der Waals surface area contributed by atoms with E-state index in [0.717, 1.165) is 10.6 Å². The molecule has 3 rings (SSSR count). The van der Waals surface area contributed by atoms with Crippen LogP contribution in [0.3, 0.4) is 0 Å². The number of H-pyrrole nitrogens is 1. The number of nitrogens with zero attached hydrogens (tertiary/aromatic N) is 1. The highest BCUT2D eigenvalue weighted by atomic mass is 127. The second-order valence-electron chi connectivity index (χ2n) is 3.95. The first-order valence-electron chi connectivity index (χ1n) is 5.52. The van der Waals surface area contributed by atoms with Gasteiger partial charge in [0, 0.05) is 10.6 Å². The highest BCUT2D eigenvalue weighted by Gasteiger charge is 2.24. The molecule has 1 aliphatic rings. The van der Waals surface area contributed by atoms with Crippen molar-refractivity contribution in [3.63, 3.8) is 0 Å². The number of rotatable bonds is 1. The second kappa shape index (κ2) is 5.04. The molecule has 19 heavy (non-hydrogen) atoms. The molecule has 0 saturated carbocycles. The van der Waals surface area contributed by atoms with Crippen LogP contribution in [0.25, 0.3) is 0 Å². The number of thioether (sulfide) groups is 1. The van der Waals surface area contributed by atoms with Gasteiger partial charge in [-0.25, -0.2) is 0 Å². The van der Waals surface area contributed by atoms with Gasteiger partial charge >= 0.3 is 0 Å². The topological polar surface area (TPSA) is 75.2 Å². The van der Waals surface area contributed by atoms with Gasteiger partial charge < -0.3 is 14.8 Å². The molecule has 98 valence electrons. The lowest BCUT2D eigenvalue weighted by Gasteiger charge is -2.24. The molecular weight excluding hydrogens is 379 g/mol. The summed E-state index contributed by atoms with van der Waals surface area (Å²) in [6.07, 6.45) is -0.365. The van der Waals surface area contributed by atoms with E-state index in [4.69, 9.17) is 4.74 Å². The van der Waals surface area contributed by atoms with Gasteiger partial charge in [-0.3, -0.25) is 4.79 Å². The number of aromatic nitrogens is 2. The van der Waals surface area contributed by atoms with E-state index in [0.29, 0.717) is 11.6 Å². The van der Waals surface area contributed by atoms with Crippen LogP contribution in [0.5, 0.6) is 11.6 Å². The van der Waals surface area contributed by atoms with Crippen molar-refractivity contribution in [2.24, 2.45) is 0 Å². The lowest BCUT2D eigenvalue weighted by molar-refractivity contribution is 0.208. The minimum absolute atomic E-state index is 0.185. The smallest absolute Gasteiger partial charge is 0.268 e. The minimum atomic E-state index is -0.365. The van der Waals surface area contributed by atoms with Crippen LogP contribution in [0, 0.1) is 3.57 Å². The Morgan fingerprint density at radius 1 is 1.47 bits per heavy atom. The van der Waals surface area contributed by atoms with Crippen molar-refractivity contribution in [2.45, 2.75) is 11.0 Å². The van der Waals surface area contributed by atoms with E-state index >= 15 is 0 Å². The average Bonchev–Trinajstić information content (AvgIpc) is 2.43. The van der Waals surface area contributed by atoms with E-state index < -0.39 is 0 Å². The lowest BCUT2D eigenvalue weighted by atomic mass is 10.3. The first kappa shape index (κ1) is 12.8. The van der Waals surface area contributed by atoms with Gasteiger partial charge in [-0.2, -0.15) is 4.98 Å². The van der Waals surface area contributed by atoms with Crippen molar-refractivity contribution in [3.8, 4) is 11.6 Å². The summed E-state index contributed by atoms with van der Waals surface area (Å²) in [7, 11) is 0. The van der Waals surface area contributed by atoms with Crippen LogP contribution in [0.4, 0.5) is 0 Å². The van der Waals surface area contributed by atoms with Gasteiger partial charge in [-0.05, 0) is 34.7 Å². The normalized spacial score (nSPS) is 17.6. The number of ether oxygens (including phenoxy) is 1. The van der Waals surface area contributed by atoms with Crippen molar-refractivity contribution in [2.75, 3.05) is 5.75 Å². The number of hydrogen-bond donors (Lipinski definition) is 2. The fraction of sp³-hybridized carbons (Fsp3) is 0.167. The minimum Gasteiger partial charge on any atom is -0.492 e. The molecule has 1 atom stereocenters. The first-order chi connectivity index (χ1) is 9.15. The van der Waals surface area contributed by atoms with Gasteiger partial charge in [0.2, 0.25) is 5.88 Å². The Hall–Kier alpha value is -1.22. The molecule has 2 aromatic rings. The summed E-state index contributed by atoms with van der Waals surface area (Å²) in [5, 5.41) is 9.61. The van der Waals surface area contributed by atoms with Crippen LogP contribution in [-0.4, -0.2) is 20.8 Å². The Morgan fingerprint density at radius 3 is 3.05 bits per heavy atom. The number of para-hydroxylation sites is 1. The zero-order valence-electron chi connectivity index (χ0n) is 9.59. The number of nitrogens with one attached hydrogen (secondary N) is 1. The van der Waals surface area contributed by atoms with Crippen LogP contribution in [0.2, 0.25) is 0 Å². The molecule has 2 N–H and O–H groups in total. The molecule has 1 aromatic heterocycles. The maximum Gasteiger partial charge on any atom is 0.268 e. The molecule has 0 amide bonds. The quantitative estimate of drug-likeness (QED) is 0.734. The highest BCUT2D eigenvalue weighted by molar-refractivity contribution is 14.1. The Morgan fingerprint density at radius 2 is 2.26 bits per heavy atom. The summed E-state index contributed by atoms with van der Waals surface area (Å²) < 4.78 is 5.99. The van der Waals surface area contributed by atoms with Crippen LogP contribution in [-0.2, 0) is 0 Å². The number of hydrogen-bond acceptors (Lipinski definition) is 5. The Bertz CT molecular complexity index is 689. The lowest BCUT2D eigenvalue weighted by Crippen LogP contribution is -2.22. The standard InChI is InChI=1S/C12H9IN2O3S/c13-9-11(16)14-10(15-12(9)17)7-5-19-8-4-2-1-3-6(8)18-7/h1-4,7H,5H2,(H2,14,15,16,17). The molecule has 1 aromatic carbocycles. The fourth-order valence-electron chi connectivity index (χ4n) is 1.77. The van der Waals surface area contributed by atoms with Gasteiger partial charge in [-0.15, -0.1) is 11.8 Å². The van der Waals surface area contributed by atoms with E-state index in [9.17, 15) is 9.90 Å². The third kappa shape index (κ3) is 2.44. The third-order valence-electron chi connectivity index (χ3n) is 2.68. The van der Waals surface area contributed by atoms with Gasteiger partial charge in [0.1, 0.15) is 9.32 Å². The number of aromatic hydroxyl groups is 1. The molecule has 0 aliphatic carbocycles. The molecule has 0 saturated heterocycles. The predicted molar refractivity (Wildman–Crippen MR) is 79.8 cm³/mol. The van der Waals surface area contributed by atoms with E-state index in [1.54, 1.807) is 34.4 Å². The number of halogens is 1. The van der Waals surface area contributed by atoms with E-state index in [1.807, 2.05) is 24.3 Å². The molecule has 7 heteroatoms. The second-order valence-corrected chi connectivity index (χ2v) is 6.09. The summed E-state index contributed by atoms with van der Waals surface area (Å²) in [5.74, 6) is 1.50. The molecule has 0 radical (unpaired) electrons. The highest BCUT2D eigenvalue weighted by Crippen LogP contribution is 2.39. The Kier molecular flexibility index (Phi) is 3.40. The maximum atomic E-state index is 11.6. The summed E-state index contributed by atoms with van der Waals surface area (Å²) >= 11 is 3.39. The van der Waals surface area contributed by atoms with Crippen molar-refractivity contribution >= 4 is 34.4 Å². The molecule has 0 fully saturated rings. The SMILES string of the molecule is O=c1[nH]c(C2CSc3ccccc3O2)nc(O)c1I. The van der Waals surface area contributed by atoms with Crippen LogP contribution < -0.4 is 10.3 Å². The maximum absolute atomic E-state index is 11.6. The van der Waals surface area contributed by atoms with Gasteiger partial charge in [0.05, 0.1) is 0 Å². The van der Waals surface area contributed by atoms with Gasteiger partial charge in [0.25, 0.3) is 5.56 Å². The van der Waals surface area contributed by atoms with E-state index in [2.05, 4.69) is 9.97 Å². The molecule has 2 heterocycles. The van der Waals surface area contributed by atoms with Crippen LogP contribution in [0.15, 0.2) is 34.0 Å². The largest absolute Gasteiger partial charge is 0.492 e. The summed E-state index contributed by atoms with van der Waals surface area (Å²) in [6.45, 7) is 0. The Labute approximate surface area is 126 Å². The number of benzene rings is 1. The van der Waals surface area contributed by atoms with E-state index in [1.165, 1.54) is 0 Å².